The van der Waals surface area contributed by atoms with Crippen LogP contribution in [-0.2, 0) is 15.8 Å². The summed E-state index contributed by atoms with van der Waals surface area (Å²) in [6.07, 6.45) is -5.03. The number of aliphatic carboxylic acids is 1. The lowest BCUT2D eigenvalue weighted by Gasteiger charge is -2.14. The van der Waals surface area contributed by atoms with E-state index in [0.29, 0.717) is 5.56 Å². The quantitative estimate of drug-likeness (QED) is 0.586. The normalized spacial score (nSPS) is 11.2. The molecule has 3 aromatic rings. The van der Waals surface area contributed by atoms with E-state index in [1.54, 1.807) is 19.1 Å². The number of alkyl halides is 3. The molecule has 168 valence electrons. The topological polar surface area (TPSA) is 118 Å². The maximum atomic E-state index is 13.6. The number of benzene rings is 2. The van der Waals surface area contributed by atoms with Crippen LogP contribution in [0.1, 0.15) is 11.3 Å². The molecule has 0 aliphatic carbocycles. The fourth-order valence-electron chi connectivity index (χ4n) is 2.69. The summed E-state index contributed by atoms with van der Waals surface area (Å²) in [5, 5.41) is 12.1. The number of aryl methyl sites for hydroxylation is 1. The number of carboxylic acids is 1. The van der Waals surface area contributed by atoms with E-state index in [-0.39, 0.29) is 16.9 Å². The second kappa shape index (κ2) is 9.00. The zero-order chi connectivity index (χ0) is 23.5. The van der Waals surface area contributed by atoms with Gasteiger partial charge in [-0.2, -0.15) is 13.2 Å². The Bertz CT molecular complexity index is 1230. The van der Waals surface area contributed by atoms with Crippen LogP contribution in [0.5, 0.6) is 17.2 Å². The first kappa shape index (κ1) is 22.7. The highest BCUT2D eigenvalue weighted by Crippen LogP contribution is 2.38. The van der Waals surface area contributed by atoms with Crippen LogP contribution in [0.4, 0.5) is 13.2 Å². The predicted octanol–water partition coefficient (Wildman–Crippen LogP) is 2.16. The average Bonchev–Trinajstić information content (AvgIpc) is 2.71. The predicted molar refractivity (Wildman–Crippen MR) is 102 cm³/mol. The minimum Gasteiger partial charge on any atom is -0.548 e. The molecule has 1 amide bonds. The summed E-state index contributed by atoms with van der Waals surface area (Å²) in [7, 11) is 0. The third-order valence-corrected chi connectivity index (χ3v) is 4.09. The van der Waals surface area contributed by atoms with Gasteiger partial charge in [-0.05, 0) is 36.8 Å². The summed E-state index contributed by atoms with van der Waals surface area (Å²) in [5.41, 5.74) is -0.767. The number of carbonyl (C=O) groups is 2. The van der Waals surface area contributed by atoms with Crippen molar-refractivity contribution in [3.63, 3.8) is 0 Å². The van der Waals surface area contributed by atoms with E-state index >= 15 is 0 Å². The first-order valence-corrected chi connectivity index (χ1v) is 9.06. The van der Waals surface area contributed by atoms with Crippen molar-refractivity contribution in [2.45, 2.75) is 13.1 Å². The molecule has 0 fully saturated rings. The van der Waals surface area contributed by atoms with Crippen LogP contribution < -0.4 is 25.3 Å². The lowest BCUT2D eigenvalue weighted by atomic mass is 10.2. The number of fused-ring (bicyclic) bond motifs is 1. The molecule has 2 aromatic carbocycles. The van der Waals surface area contributed by atoms with Crippen LogP contribution in [-0.4, -0.2) is 25.0 Å². The summed E-state index contributed by atoms with van der Waals surface area (Å²) >= 11 is 0. The zero-order valence-corrected chi connectivity index (χ0v) is 16.4. The SMILES string of the molecule is Cc1cccc(Oc2c(C(F)(F)F)oc3cc(OCC(=O)NCC(=O)[O-])ccc3c2=O)c1. The Kier molecular flexibility index (Phi) is 6.37. The van der Waals surface area contributed by atoms with Gasteiger partial charge in [0.05, 0.1) is 17.9 Å². The van der Waals surface area contributed by atoms with E-state index in [2.05, 4.69) is 0 Å². The highest BCUT2D eigenvalue weighted by molar-refractivity contribution is 5.82. The van der Waals surface area contributed by atoms with Crippen molar-refractivity contribution in [2.24, 2.45) is 0 Å². The second-order valence-electron chi connectivity index (χ2n) is 6.60. The number of hydrogen-bond acceptors (Lipinski definition) is 7. The highest BCUT2D eigenvalue weighted by Gasteiger charge is 2.40. The van der Waals surface area contributed by atoms with Gasteiger partial charge in [0.2, 0.25) is 11.2 Å². The molecule has 0 saturated heterocycles. The molecule has 32 heavy (non-hydrogen) atoms. The van der Waals surface area contributed by atoms with E-state index in [0.717, 1.165) is 6.07 Å². The number of hydrogen-bond donors (Lipinski definition) is 1. The van der Waals surface area contributed by atoms with Gasteiger partial charge in [-0.15, -0.1) is 0 Å². The van der Waals surface area contributed by atoms with Gasteiger partial charge in [-0.25, -0.2) is 0 Å². The molecule has 0 atom stereocenters. The van der Waals surface area contributed by atoms with Crippen molar-refractivity contribution in [3.8, 4) is 17.2 Å². The number of carbonyl (C=O) groups excluding carboxylic acids is 2. The number of amides is 1. The van der Waals surface area contributed by atoms with Gasteiger partial charge in [-0.1, -0.05) is 12.1 Å². The highest BCUT2D eigenvalue weighted by atomic mass is 19.4. The van der Waals surface area contributed by atoms with E-state index < -0.39 is 53.7 Å². The van der Waals surface area contributed by atoms with Gasteiger partial charge in [0.1, 0.15) is 17.1 Å². The first-order chi connectivity index (χ1) is 15.0. The zero-order valence-electron chi connectivity index (χ0n) is 16.4. The fourth-order valence-corrected chi connectivity index (χ4v) is 2.69. The monoisotopic (exact) mass is 450 g/mol. The average molecular weight is 450 g/mol. The Labute approximate surface area is 178 Å². The molecule has 0 saturated carbocycles. The van der Waals surface area contributed by atoms with E-state index in [9.17, 15) is 32.7 Å². The smallest absolute Gasteiger partial charge is 0.453 e. The molecule has 3 rings (SSSR count). The molecule has 1 heterocycles. The van der Waals surface area contributed by atoms with Crippen LogP contribution in [0.3, 0.4) is 0 Å². The van der Waals surface area contributed by atoms with Crippen LogP contribution in [0.15, 0.2) is 51.7 Å². The van der Waals surface area contributed by atoms with Crippen molar-refractivity contribution in [1.29, 1.82) is 0 Å². The lowest BCUT2D eigenvalue weighted by molar-refractivity contribution is -0.304. The summed E-state index contributed by atoms with van der Waals surface area (Å²) in [4.78, 5) is 34.6. The van der Waals surface area contributed by atoms with Gasteiger partial charge in [0.15, 0.2) is 6.61 Å². The minimum atomic E-state index is -5.03. The molecule has 0 bridgehead atoms. The minimum absolute atomic E-state index is 0.0321. The summed E-state index contributed by atoms with van der Waals surface area (Å²) in [6, 6.07) is 9.56. The Balaban J connectivity index is 1.95. The molecule has 1 aromatic heterocycles. The van der Waals surface area contributed by atoms with E-state index in [4.69, 9.17) is 13.9 Å². The standard InChI is InChI=1S/C21H16F3NO7/c1-11-3-2-4-13(7-11)31-19-18(29)14-6-5-12(30-10-16(26)25-9-17(27)28)8-15(14)32-20(19)21(22,23)24/h2-8H,9-10H2,1H3,(H,25,26)(H,27,28)/p-1. The number of carboxylic acid groups (broad SMARTS) is 1. The molecule has 11 heteroatoms. The van der Waals surface area contributed by atoms with Crippen LogP contribution in [0, 0.1) is 6.92 Å². The fraction of sp³-hybridized carbons (Fsp3) is 0.190. The molecule has 0 aliphatic heterocycles. The van der Waals surface area contributed by atoms with Gasteiger partial charge < -0.3 is 29.1 Å². The summed E-state index contributed by atoms with van der Waals surface area (Å²) < 4.78 is 56.1. The largest absolute Gasteiger partial charge is 0.548 e. The van der Waals surface area contributed by atoms with Crippen LogP contribution >= 0.6 is 0 Å². The van der Waals surface area contributed by atoms with Crippen LogP contribution in [0.25, 0.3) is 11.0 Å². The van der Waals surface area contributed by atoms with Gasteiger partial charge in [0.25, 0.3) is 11.7 Å². The van der Waals surface area contributed by atoms with E-state index in [1.165, 1.54) is 24.3 Å². The second-order valence-corrected chi connectivity index (χ2v) is 6.60. The van der Waals surface area contributed by atoms with Crippen molar-refractivity contribution < 1.29 is 41.8 Å². The molecular weight excluding hydrogens is 435 g/mol. The molecule has 0 radical (unpaired) electrons. The molecule has 8 nitrogen and oxygen atoms in total. The number of rotatable bonds is 7. The van der Waals surface area contributed by atoms with Gasteiger partial charge in [0, 0.05) is 6.07 Å². The van der Waals surface area contributed by atoms with Crippen molar-refractivity contribution in [1.82, 2.24) is 5.32 Å². The summed E-state index contributed by atoms with van der Waals surface area (Å²) in [5.74, 6) is -4.98. The Morgan fingerprint density at radius 2 is 1.88 bits per heavy atom. The van der Waals surface area contributed by atoms with Gasteiger partial charge >= 0.3 is 6.18 Å². The Morgan fingerprint density at radius 1 is 1.12 bits per heavy atom. The molecular formula is C21H15F3NO7-. The number of halogens is 3. The van der Waals surface area contributed by atoms with Crippen LogP contribution in [0.2, 0.25) is 0 Å². The van der Waals surface area contributed by atoms with Gasteiger partial charge in [-0.3, -0.25) is 9.59 Å². The molecule has 0 aliphatic rings. The molecule has 1 N–H and O–H groups in total. The Morgan fingerprint density at radius 3 is 2.53 bits per heavy atom. The number of nitrogens with one attached hydrogen (secondary N) is 1. The van der Waals surface area contributed by atoms with Crippen molar-refractivity contribution in [3.05, 3.63) is 64.0 Å². The van der Waals surface area contributed by atoms with Crippen molar-refractivity contribution in [2.75, 3.05) is 13.2 Å². The van der Waals surface area contributed by atoms with Crippen molar-refractivity contribution >= 4 is 22.8 Å². The molecule has 0 spiro atoms. The van der Waals surface area contributed by atoms with E-state index in [1.807, 2.05) is 5.32 Å². The third-order valence-electron chi connectivity index (χ3n) is 4.09. The first-order valence-electron chi connectivity index (χ1n) is 9.06. The maximum absolute atomic E-state index is 13.6. The lowest BCUT2D eigenvalue weighted by Crippen LogP contribution is -2.39. The summed E-state index contributed by atoms with van der Waals surface area (Å²) in [6.45, 7) is 0.359. The number of ether oxygens (including phenoxy) is 2. The third kappa shape index (κ3) is 5.36. The Hall–Kier alpha value is -4.02. The maximum Gasteiger partial charge on any atom is 0.453 e. The molecule has 0 unspecified atom stereocenters.